The second kappa shape index (κ2) is 10.1. The Bertz CT molecular complexity index is 2100. The summed E-state index contributed by atoms with van der Waals surface area (Å²) in [5.41, 5.74) is 10.4. The number of anilines is 2. The van der Waals surface area contributed by atoms with E-state index in [0.29, 0.717) is 17.5 Å². The number of benzene rings is 5. The summed E-state index contributed by atoms with van der Waals surface area (Å²) in [5, 5.41) is 0.271. The van der Waals surface area contributed by atoms with E-state index in [9.17, 15) is 0 Å². The van der Waals surface area contributed by atoms with Gasteiger partial charge in [-0.05, 0) is 60.0 Å². The van der Waals surface area contributed by atoms with E-state index >= 15 is 0 Å². The van der Waals surface area contributed by atoms with Gasteiger partial charge in [-0.3, -0.25) is 0 Å². The molecule has 0 N–H and O–H groups in total. The number of hydrogen-bond donors (Lipinski definition) is 0. The maximum absolute atomic E-state index is 4.95. The first kappa shape index (κ1) is 26.2. The minimum absolute atomic E-state index is 0.257. The molecule has 3 heterocycles. The van der Waals surface area contributed by atoms with Crippen molar-refractivity contribution in [3.8, 4) is 34.2 Å². The number of nitrogens with zero attached hydrogens (tertiary/aromatic N) is 4. The van der Waals surface area contributed by atoms with E-state index in [0.717, 1.165) is 22.4 Å². The van der Waals surface area contributed by atoms with E-state index in [1.165, 1.54) is 32.9 Å². The topological polar surface area (TPSA) is 41.9 Å². The number of hydrogen-bond acceptors (Lipinski definition) is 5. The molecule has 1 aliphatic carbocycles. The van der Waals surface area contributed by atoms with Crippen LogP contribution in [0.15, 0.2) is 151 Å². The first-order chi connectivity index (χ1) is 22.2. The molecular formula is C40H28N4S. The monoisotopic (exact) mass is 596 g/mol. The molecule has 0 amide bonds. The van der Waals surface area contributed by atoms with Gasteiger partial charge in [-0.2, -0.15) is 0 Å². The quantitative estimate of drug-likeness (QED) is 0.203. The van der Waals surface area contributed by atoms with Gasteiger partial charge in [-0.1, -0.05) is 109 Å². The number of rotatable bonds is 4. The van der Waals surface area contributed by atoms with Crippen molar-refractivity contribution >= 4 is 34.3 Å². The van der Waals surface area contributed by atoms with Crippen molar-refractivity contribution in [1.82, 2.24) is 15.0 Å². The largest absolute Gasteiger partial charge is 0.329 e. The lowest BCUT2D eigenvalue weighted by atomic mass is 9.78. The zero-order valence-electron chi connectivity index (χ0n) is 24.6. The predicted molar refractivity (Wildman–Crippen MR) is 185 cm³/mol. The highest BCUT2D eigenvalue weighted by atomic mass is 32.2. The smallest absolute Gasteiger partial charge is 0.164 e. The minimum atomic E-state index is -0.257. The number of allylic oxidation sites excluding steroid dienone is 2. The molecule has 4 nitrogen and oxygen atoms in total. The normalized spacial score (nSPS) is 19.2. The van der Waals surface area contributed by atoms with Crippen LogP contribution in [0.2, 0.25) is 0 Å². The summed E-state index contributed by atoms with van der Waals surface area (Å²) in [7, 11) is 0. The summed E-state index contributed by atoms with van der Waals surface area (Å²) in [4.78, 5) is 18.7. The van der Waals surface area contributed by atoms with Gasteiger partial charge >= 0.3 is 0 Å². The van der Waals surface area contributed by atoms with Crippen LogP contribution >= 0.6 is 11.8 Å². The highest BCUT2D eigenvalue weighted by molar-refractivity contribution is 8.01. The van der Waals surface area contributed by atoms with E-state index in [1.807, 2.05) is 72.4 Å². The third-order valence-corrected chi connectivity index (χ3v) is 10.8. The fraction of sp³-hybridized carbons (Fsp3) is 0.0750. The second-order valence-electron chi connectivity index (χ2n) is 11.8. The molecule has 2 aliphatic heterocycles. The van der Waals surface area contributed by atoms with E-state index < -0.39 is 0 Å². The van der Waals surface area contributed by atoms with Crippen molar-refractivity contribution in [3.05, 3.63) is 157 Å². The Morgan fingerprint density at radius 3 is 1.73 bits per heavy atom. The molecule has 0 radical (unpaired) electrons. The van der Waals surface area contributed by atoms with Gasteiger partial charge in [0.05, 0.1) is 10.8 Å². The summed E-state index contributed by atoms with van der Waals surface area (Å²) < 4.78 is 0. The summed E-state index contributed by atoms with van der Waals surface area (Å²) in [6, 6.07) is 46.6. The molecule has 214 valence electrons. The van der Waals surface area contributed by atoms with E-state index in [4.69, 9.17) is 15.0 Å². The molecule has 45 heavy (non-hydrogen) atoms. The third kappa shape index (κ3) is 4.04. The van der Waals surface area contributed by atoms with Gasteiger partial charge in [-0.25, -0.2) is 15.0 Å². The third-order valence-electron chi connectivity index (χ3n) is 9.19. The predicted octanol–water partition coefficient (Wildman–Crippen LogP) is 9.74. The first-order valence-electron chi connectivity index (χ1n) is 15.2. The van der Waals surface area contributed by atoms with Gasteiger partial charge in [0.15, 0.2) is 17.5 Å². The number of thioether (sulfide) groups is 1. The van der Waals surface area contributed by atoms with Gasteiger partial charge in [0.1, 0.15) is 0 Å². The van der Waals surface area contributed by atoms with Crippen molar-refractivity contribution in [3.63, 3.8) is 0 Å². The molecule has 2 unspecified atom stereocenters. The van der Waals surface area contributed by atoms with Gasteiger partial charge in [0, 0.05) is 38.5 Å². The van der Waals surface area contributed by atoms with Crippen molar-refractivity contribution in [1.29, 1.82) is 0 Å². The van der Waals surface area contributed by atoms with Crippen LogP contribution < -0.4 is 4.90 Å². The fourth-order valence-electron chi connectivity index (χ4n) is 7.07. The van der Waals surface area contributed by atoms with Gasteiger partial charge in [0.25, 0.3) is 0 Å². The molecule has 2 atom stereocenters. The maximum atomic E-state index is 4.95. The standard InChI is InChI=1S/C40H28N4S/c1-40-33(25-24-31-30-16-9-11-19-35(30)45-36(31)40)32-17-8-10-18-34(32)44(40)29-22-20-28(21-23-29)39-42-37(26-12-4-2-5-13-26)41-38(43-39)27-14-6-3-7-15-27/h2-25,36H,1H3. The van der Waals surface area contributed by atoms with Crippen LogP contribution in [0.1, 0.15) is 18.1 Å². The average Bonchev–Trinajstić information content (AvgIpc) is 3.62. The lowest BCUT2D eigenvalue weighted by Crippen LogP contribution is -2.49. The molecule has 5 heteroatoms. The van der Waals surface area contributed by atoms with Crippen molar-refractivity contribution in [2.24, 2.45) is 0 Å². The molecule has 0 bridgehead atoms. The van der Waals surface area contributed by atoms with Crippen LogP contribution in [0.4, 0.5) is 11.4 Å². The molecule has 3 aliphatic rings. The summed E-state index contributed by atoms with van der Waals surface area (Å²) in [6.07, 6.45) is 4.70. The summed E-state index contributed by atoms with van der Waals surface area (Å²) in [6.45, 7) is 2.41. The Hall–Kier alpha value is -5.26. The van der Waals surface area contributed by atoms with Crippen molar-refractivity contribution in [2.75, 3.05) is 4.90 Å². The van der Waals surface area contributed by atoms with E-state index in [1.54, 1.807) is 0 Å². The molecular weight excluding hydrogens is 569 g/mol. The van der Waals surface area contributed by atoms with Gasteiger partial charge in [0.2, 0.25) is 0 Å². The molecule has 6 aromatic rings. The van der Waals surface area contributed by atoms with Gasteiger partial charge < -0.3 is 4.90 Å². The first-order valence-corrected chi connectivity index (χ1v) is 16.1. The molecule has 0 saturated heterocycles. The maximum Gasteiger partial charge on any atom is 0.164 e. The Morgan fingerprint density at radius 1 is 0.556 bits per heavy atom. The molecule has 0 spiro atoms. The molecule has 9 rings (SSSR count). The fourth-order valence-corrected chi connectivity index (χ4v) is 8.59. The Balaban J connectivity index is 1.15. The van der Waals surface area contributed by atoms with Crippen LogP contribution in [-0.2, 0) is 0 Å². The number of para-hydroxylation sites is 1. The van der Waals surface area contributed by atoms with E-state index in [-0.39, 0.29) is 10.8 Å². The minimum Gasteiger partial charge on any atom is -0.329 e. The average molecular weight is 597 g/mol. The SMILES string of the molecule is CC12C(=CC=C3c4ccccc4SC31)c1ccccc1N2c1ccc(-c2nc(-c3ccccc3)nc(-c3ccccc3)n2)cc1. The van der Waals surface area contributed by atoms with Crippen molar-refractivity contribution < 1.29 is 0 Å². The molecule has 0 saturated carbocycles. The molecule has 0 fully saturated rings. The Morgan fingerprint density at radius 2 is 1.09 bits per heavy atom. The zero-order valence-corrected chi connectivity index (χ0v) is 25.4. The molecule has 5 aromatic carbocycles. The highest BCUT2D eigenvalue weighted by Crippen LogP contribution is 2.62. The summed E-state index contributed by atoms with van der Waals surface area (Å²) in [5.74, 6) is 1.99. The van der Waals surface area contributed by atoms with Crippen LogP contribution in [0.25, 0.3) is 45.3 Å². The molecule has 1 aromatic heterocycles. The highest BCUT2D eigenvalue weighted by Gasteiger charge is 2.54. The number of aromatic nitrogens is 3. The van der Waals surface area contributed by atoms with Crippen LogP contribution in [-0.4, -0.2) is 25.7 Å². The van der Waals surface area contributed by atoms with Crippen LogP contribution in [0.3, 0.4) is 0 Å². The van der Waals surface area contributed by atoms with E-state index in [2.05, 4.69) is 96.8 Å². The van der Waals surface area contributed by atoms with Crippen molar-refractivity contribution in [2.45, 2.75) is 22.6 Å². The zero-order chi connectivity index (χ0) is 30.0. The van der Waals surface area contributed by atoms with Crippen LogP contribution in [0.5, 0.6) is 0 Å². The van der Waals surface area contributed by atoms with Crippen LogP contribution in [0, 0.1) is 0 Å². The Kier molecular flexibility index (Phi) is 5.90. The second-order valence-corrected chi connectivity index (χ2v) is 12.9. The lowest BCUT2D eigenvalue weighted by Gasteiger charge is -2.44. The number of fused-ring (bicyclic) bond motifs is 7. The lowest BCUT2D eigenvalue weighted by molar-refractivity contribution is 0.630. The Labute approximate surface area is 266 Å². The summed E-state index contributed by atoms with van der Waals surface area (Å²) >= 11 is 1.99. The van der Waals surface area contributed by atoms with Gasteiger partial charge in [-0.15, -0.1) is 11.8 Å².